The Morgan fingerprint density at radius 1 is 1.07 bits per heavy atom. The van der Waals surface area contributed by atoms with Crippen LogP contribution in [-0.4, -0.2) is 21.1 Å². The highest BCUT2D eigenvalue weighted by Gasteiger charge is 2.18. The zero-order chi connectivity index (χ0) is 21.1. The summed E-state index contributed by atoms with van der Waals surface area (Å²) >= 11 is 5.80. The molecule has 2 aromatic carbocycles. The number of aliphatic carboxylic acids is 1. The van der Waals surface area contributed by atoms with Gasteiger partial charge < -0.3 is 15.2 Å². The molecule has 1 heterocycles. The van der Waals surface area contributed by atoms with Gasteiger partial charge >= 0.3 is 0 Å². The van der Waals surface area contributed by atoms with E-state index in [-0.39, 0.29) is 11.3 Å². The Bertz CT molecular complexity index is 1160. The van der Waals surface area contributed by atoms with E-state index in [0.717, 1.165) is 6.08 Å². The fourth-order valence-electron chi connectivity index (χ4n) is 2.82. The summed E-state index contributed by atoms with van der Waals surface area (Å²) in [7, 11) is 1.68. The normalized spacial score (nSPS) is 11.3. The van der Waals surface area contributed by atoms with Crippen molar-refractivity contribution >= 4 is 29.0 Å². The number of carboxylic acids is 1. The zero-order valence-corrected chi connectivity index (χ0v) is 16.4. The van der Waals surface area contributed by atoms with Crippen LogP contribution in [0, 0.1) is 6.92 Å². The minimum Gasteiger partial charge on any atom is -0.543 e. The number of nitrogens with one attached hydrogen (secondary N) is 1. The summed E-state index contributed by atoms with van der Waals surface area (Å²) in [5.41, 5.74) is 0.424. The summed E-state index contributed by atoms with van der Waals surface area (Å²) in [6.07, 6.45) is 0.886. The zero-order valence-electron chi connectivity index (χ0n) is 15.7. The lowest BCUT2D eigenvalue weighted by molar-refractivity contribution is -0.299. The number of benzene rings is 2. The van der Waals surface area contributed by atoms with Gasteiger partial charge in [-0.25, -0.2) is 4.68 Å². The van der Waals surface area contributed by atoms with Gasteiger partial charge in [0.1, 0.15) is 5.69 Å². The molecule has 0 bridgehead atoms. The van der Waals surface area contributed by atoms with E-state index in [0.29, 0.717) is 16.4 Å². The summed E-state index contributed by atoms with van der Waals surface area (Å²) < 4.78 is 2.99. The second-order valence-corrected chi connectivity index (χ2v) is 6.71. The van der Waals surface area contributed by atoms with Crippen molar-refractivity contribution in [2.75, 3.05) is 5.32 Å². The van der Waals surface area contributed by atoms with Gasteiger partial charge in [-0.3, -0.25) is 14.3 Å². The van der Waals surface area contributed by atoms with E-state index in [4.69, 9.17) is 11.6 Å². The Morgan fingerprint density at radius 3 is 2.28 bits per heavy atom. The average Bonchev–Trinajstić information content (AvgIpc) is 2.91. The van der Waals surface area contributed by atoms with Crippen molar-refractivity contribution in [3.8, 4) is 5.69 Å². The number of ketones is 1. The molecule has 0 unspecified atom stereocenters. The highest BCUT2D eigenvalue weighted by atomic mass is 35.5. The van der Waals surface area contributed by atoms with E-state index in [1.807, 2.05) is 6.07 Å². The van der Waals surface area contributed by atoms with E-state index < -0.39 is 23.0 Å². The topological polar surface area (TPSA) is 96.2 Å². The average molecular weight is 411 g/mol. The molecule has 0 aliphatic heterocycles. The minimum absolute atomic E-state index is 0.0377. The number of carbonyl (C=O) groups excluding carboxylic acids is 2. The van der Waals surface area contributed by atoms with E-state index in [9.17, 15) is 19.5 Å². The van der Waals surface area contributed by atoms with Crippen LogP contribution < -0.4 is 16.0 Å². The highest BCUT2D eigenvalue weighted by molar-refractivity contribution is 6.30. The standard InChI is InChI=1S/C21H18ClN3O4/c1-13-19(20(27)25(24(13)2)16-6-4-3-5-7-16)23-17(21(28)29)12-18(26)14-8-10-15(22)11-9-14/h3-12,23H,1-2H3,(H,28,29)/p-1/b17-12-. The third-order valence-electron chi connectivity index (χ3n) is 4.44. The van der Waals surface area contributed by atoms with Gasteiger partial charge in [0.2, 0.25) is 0 Å². The van der Waals surface area contributed by atoms with Crippen LogP contribution in [0.5, 0.6) is 0 Å². The molecule has 1 aromatic heterocycles. The van der Waals surface area contributed by atoms with Gasteiger partial charge in [0.25, 0.3) is 5.56 Å². The minimum atomic E-state index is -1.61. The first kappa shape index (κ1) is 20.2. The van der Waals surface area contributed by atoms with Gasteiger partial charge in [-0.1, -0.05) is 29.8 Å². The molecule has 0 aliphatic rings. The molecule has 0 saturated heterocycles. The third-order valence-corrected chi connectivity index (χ3v) is 4.69. The number of aromatic nitrogens is 2. The summed E-state index contributed by atoms with van der Waals surface area (Å²) in [5, 5.41) is 14.6. The van der Waals surface area contributed by atoms with E-state index in [1.165, 1.54) is 28.9 Å². The lowest BCUT2D eigenvalue weighted by atomic mass is 10.1. The maximum absolute atomic E-state index is 12.9. The van der Waals surface area contributed by atoms with E-state index in [2.05, 4.69) is 5.32 Å². The molecule has 148 valence electrons. The molecule has 8 heteroatoms. The van der Waals surface area contributed by atoms with E-state index in [1.54, 1.807) is 42.9 Å². The Balaban J connectivity index is 2.00. The lowest BCUT2D eigenvalue weighted by Crippen LogP contribution is -2.30. The van der Waals surface area contributed by atoms with Gasteiger partial charge in [-0.15, -0.1) is 0 Å². The van der Waals surface area contributed by atoms with Crippen molar-refractivity contribution < 1.29 is 14.7 Å². The van der Waals surface area contributed by atoms with Crippen LogP contribution in [0.15, 0.2) is 71.2 Å². The van der Waals surface area contributed by atoms with Crippen LogP contribution in [0.4, 0.5) is 5.69 Å². The molecule has 7 nitrogen and oxygen atoms in total. The Morgan fingerprint density at radius 2 is 1.69 bits per heavy atom. The molecule has 3 aromatic rings. The number of para-hydroxylation sites is 1. The molecular weight excluding hydrogens is 394 g/mol. The number of halogens is 1. The van der Waals surface area contributed by atoms with Gasteiger partial charge in [-0.05, 0) is 43.3 Å². The molecule has 0 saturated carbocycles. The highest BCUT2D eigenvalue weighted by Crippen LogP contribution is 2.16. The summed E-state index contributed by atoms with van der Waals surface area (Å²) in [5.74, 6) is -2.17. The van der Waals surface area contributed by atoms with E-state index >= 15 is 0 Å². The SMILES string of the molecule is Cc1c(N/C(=C\C(=O)c2ccc(Cl)cc2)C(=O)[O-])c(=O)n(-c2ccccc2)n1C. The van der Waals surface area contributed by atoms with Crippen molar-refractivity contribution in [2.24, 2.45) is 7.05 Å². The molecule has 0 spiro atoms. The van der Waals surface area contributed by atoms with Crippen LogP contribution in [-0.2, 0) is 11.8 Å². The summed E-state index contributed by atoms with van der Waals surface area (Å²) in [4.78, 5) is 36.9. The third kappa shape index (κ3) is 4.14. The van der Waals surface area contributed by atoms with Gasteiger partial charge in [0.15, 0.2) is 5.78 Å². The van der Waals surface area contributed by atoms with Crippen molar-refractivity contribution in [3.05, 3.63) is 93.0 Å². The fraction of sp³-hybridized carbons (Fsp3) is 0.0952. The van der Waals surface area contributed by atoms with Crippen LogP contribution >= 0.6 is 11.6 Å². The van der Waals surface area contributed by atoms with Gasteiger partial charge in [0, 0.05) is 23.7 Å². The second-order valence-electron chi connectivity index (χ2n) is 6.28. The van der Waals surface area contributed by atoms with Crippen LogP contribution in [0.25, 0.3) is 5.69 Å². The lowest BCUT2D eigenvalue weighted by Gasteiger charge is -2.11. The van der Waals surface area contributed by atoms with Crippen LogP contribution in [0.1, 0.15) is 16.1 Å². The largest absolute Gasteiger partial charge is 0.543 e. The predicted octanol–water partition coefficient (Wildman–Crippen LogP) is 2.07. The molecule has 0 radical (unpaired) electrons. The Hall–Kier alpha value is -3.58. The van der Waals surface area contributed by atoms with Crippen LogP contribution in [0.2, 0.25) is 5.02 Å². The number of carbonyl (C=O) groups is 2. The molecule has 1 N–H and O–H groups in total. The Kier molecular flexibility index (Phi) is 5.70. The number of nitrogens with zero attached hydrogens (tertiary/aromatic N) is 2. The van der Waals surface area contributed by atoms with Crippen LogP contribution in [0.3, 0.4) is 0 Å². The molecule has 0 amide bonds. The molecule has 0 fully saturated rings. The number of hydrogen-bond acceptors (Lipinski definition) is 5. The quantitative estimate of drug-likeness (QED) is 0.495. The monoisotopic (exact) mass is 410 g/mol. The van der Waals surface area contributed by atoms with Crippen molar-refractivity contribution in [3.63, 3.8) is 0 Å². The number of carboxylic acid groups (broad SMARTS) is 1. The molecule has 29 heavy (non-hydrogen) atoms. The Labute approximate surface area is 171 Å². The summed E-state index contributed by atoms with van der Waals surface area (Å²) in [6, 6.07) is 14.9. The predicted molar refractivity (Wildman–Crippen MR) is 108 cm³/mol. The smallest absolute Gasteiger partial charge is 0.295 e. The van der Waals surface area contributed by atoms with Crippen molar-refractivity contribution in [1.29, 1.82) is 0 Å². The first-order valence-corrected chi connectivity index (χ1v) is 9.01. The molecule has 0 atom stereocenters. The number of hydrogen-bond donors (Lipinski definition) is 1. The van der Waals surface area contributed by atoms with Gasteiger partial charge in [0.05, 0.1) is 23.0 Å². The first-order valence-electron chi connectivity index (χ1n) is 8.63. The molecular formula is C21H17ClN3O4-. The van der Waals surface area contributed by atoms with Crippen molar-refractivity contribution in [1.82, 2.24) is 9.36 Å². The maximum Gasteiger partial charge on any atom is 0.295 e. The fourth-order valence-corrected chi connectivity index (χ4v) is 2.95. The number of rotatable bonds is 6. The second kappa shape index (κ2) is 8.20. The first-order chi connectivity index (χ1) is 13.8. The molecule has 3 rings (SSSR count). The number of allylic oxidation sites excluding steroid dienone is 1. The van der Waals surface area contributed by atoms with Crippen molar-refractivity contribution in [2.45, 2.75) is 6.92 Å². The maximum atomic E-state index is 12.9. The van der Waals surface area contributed by atoms with Gasteiger partial charge in [-0.2, -0.15) is 0 Å². The number of anilines is 1. The molecule has 0 aliphatic carbocycles. The summed E-state index contributed by atoms with van der Waals surface area (Å²) in [6.45, 7) is 1.66.